The maximum atomic E-state index is 16.2. The first kappa shape index (κ1) is 44.8. The summed E-state index contributed by atoms with van der Waals surface area (Å²) in [7, 11) is -4.24. The molecule has 0 unspecified atom stereocenters. The molecule has 2 atom stereocenters. The second-order valence-corrected chi connectivity index (χ2v) is 20.4. The van der Waals surface area contributed by atoms with Crippen molar-refractivity contribution in [1.29, 1.82) is 0 Å². The van der Waals surface area contributed by atoms with Gasteiger partial charge >= 0.3 is 10.2 Å². The van der Waals surface area contributed by atoms with E-state index in [4.69, 9.17) is 0 Å². The van der Waals surface area contributed by atoms with Gasteiger partial charge in [-0.05, 0) is 122 Å². The lowest BCUT2D eigenvalue weighted by molar-refractivity contribution is -0.136. The van der Waals surface area contributed by atoms with Crippen molar-refractivity contribution in [2.24, 2.45) is 5.92 Å². The number of rotatable bonds is 12. The number of aromatic nitrogens is 2. The first-order chi connectivity index (χ1) is 32.3. The van der Waals surface area contributed by atoms with Crippen LogP contribution < -0.4 is 14.9 Å². The van der Waals surface area contributed by atoms with E-state index in [2.05, 4.69) is 54.1 Å². The van der Waals surface area contributed by atoms with E-state index in [-0.39, 0.29) is 60.5 Å². The summed E-state index contributed by atoms with van der Waals surface area (Å²) in [6, 6.07) is 18.6. The molecule has 4 fully saturated rings. The van der Waals surface area contributed by atoms with Crippen LogP contribution in [0.5, 0.6) is 0 Å². The summed E-state index contributed by atoms with van der Waals surface area (Å²) in [5.41, 5.74) is 6.18. The molecular formula is C50H54F2N8O6S. The summed E-state index contributed by atoms with van der Waals surface area (Å²) in [6.45, 7) is 6.92. The highest BCUT2D eigenvalue weighted by molar-refractivity contribution is 7.90. The zero-order valence-corrected chi connectivity index (χ0v) is 38.2. The maximum Gasteiger partial charge on any atom is 0.301 e. The lowest BCUT2D eigenvalue weighted by Crippen LogP contribution is -2.52. The number of carbonyl (C=O) groups excluding carboxylic acids is 4. The quantitative estimate of drug-likeness (QED) is 0.0909. The van der Waals surface area contributed by atoms with Gasteiger partial charge in [0.05, 0.1) is 11.3 Å². The highest BCUT2D eigenvalue weighted by Gasteiger charge is 2.40. The van der Waals surface area contributed by atoms with Crippen molar-refractivity contribution in [2.75, 3.05) is 55.4 Å². The molecule has 5 aromatic rings. The molecule has 17 heteroatoms. The molecule has 14 nitrogen and oxygen atoms in total. The number of aromatic amines is 1. The number of pyridine rings is 1. The number of alkyl halides is 1. The van der Waals surface area contributed by atoms with Crippen molar-refractivity contribution in [3.63, 3.8) is 0 Å². The molecule has 3 N–H and O–H groups in total. The fraction of sp³-hybridized carbons (Fsp3) is 0.420. The molecule has 2 aromatic heterocycles. The van der Waals surface area contributed by atoms with Crippen LogP contribution in [0.3, 0.4) is 0 Å². The molecule has 0 bridgehead atoms. The zero-order chi connectivity index (χ0) is 46.6. The van der Waals surface area contributed by atoms with Crippen LogP contribution in [0.15, 0.2) is 73.1 Å². The van der Waals surface area contributed by atoms with Crippen LogP contribution in [0.25, 0.3) is 22.2 Å². The van der Waals surface area contributed by atoms with Gasteiger partial charge in [-0.3, -0.25) is 29.2 Å². The molecule has 3 aromatic carbocycles. The highest BCUT2D eigenvalue weighted by atomic mass is 32.2. The van der Waals surface area contributed by atoms with E-state index >= 15 is 4.39 Å². The average Bonchev–Trinajstić information content (AvgIpc) is 4.06. The molecule has 7 heterocycles. The molecule has 67 heavy (non-hydrogen) atoms. The number of nitrogens with zero attached hydrogens (tertiary/aromatic N) is 5. The van der Waals surface area contributed by atoms with Gasteiger partial charge in [0.25, 0.3) is 5.91 Å². The summed E-state index contributed by atoms with van der Waals surface area (Å²) in [6.07, 6.45) is 7.25. The van der Waals surface area contributed by atoms with Gasteiger partial charge in [-0.25, -0.2) is 13.8 Å². The van der Waals surface area contributed by atoms with Crippen LogP contribution in [-0.4, -0.2) is 114 Å². The molecular weight excluding hydrogens is 879 g/mol. The van der Waals surface area contributed by atoms with Crippen molar-refractivity contribution in [3.05, 3.63) is 112 Å². The maximum absolute atomic E-state index is 16.2. The lowest BCUT2D eigenvalue weighted by Gasteiger charge is -2.38. The molecule has 0 spiro atoms. The van der Waals surface area contributed by atoms with E-state index < -0.39 is 34.0 Å². The Morgan fingerprint density at radius 3 is 2.39 bits per heavy atom. The number of nitrogens with one attached hydrogen (secondary N) is 3. The Morgan fingerprint density at radius 2 is 1.67 bits per heavy atom. The van der Waals surface area contributed by atoms with E-state index in [9.17, 15) is 32.0 Å². The Hall–Kier alpha value is -6.04. The number of anilines is 2. The second kappa shape index (κ2) is 18.2. The minimum absolute atomic E-state index is 0.0175. The van der Waals surface area contributed by atoms with Gasteiger partial charge in [0.1, 0.15) is 17.9 Å². The fourth-order valence-corrected chi connectivity index (χ4v) is 12.0. The van der Waals surface area contributed by atoms with Crippen LogP contribution in [0.1, 0.15) is 101 Å². The topological polar surface area (TPSA) is 168 Å². The highest BCUT2D eigenvalue weighted by Crippen LogP contribution is 2.36. The van der Waals surface area contributed by atoms with Gasteiger partial charge in [-0.2, -0.15) is 12.7 Å². The smallest absolute Gasteiger partial charge is 0.301 e. The Bertz CT molecular complexity index is 2870. The van der Waals surface area contributed by atoms with Gasteiger partial charge < -0.3 is 19.7 Å². The summed E-state index contributed by atoms with van der Waals surface area (Å²) >= 11 is 0. The Kier molecular flexibility index (Phi) is 12.2. The van der Waals surface area contributed by atoms with Crippen LogP contribution in [0.2, 0.25) is 0 Å². The standard InChI is InChI=1S/C50H54F2N8O6S/c1-2-31-6-10-42(56-67(65,66)59-22-17-37(51)29-59)46(52)45(31)47(62)41-26-54-48-40(41)24-35(25-53-48)32-3-7-38(8-4-32)58-20-13-30(14-21-58)27-57-18-15-33(16-19-57)34-5-9-39-36(23-34)28-60(50(39)64)43-11-12-44(61)55-49(43)63/h3-10,23-26,30,33,37,43,56H,2,11-22,27-29H2,1H3,(H,53,54)(H,55,61,63)/t37-,43+/m1/s1. The number of likely N-dealkylation sites (tertiary alicyclic amines) is 1. The third kappa shape index (κ3) is 8.84. The first-order valence-electron chi connectivity index (χ1n) is 23.4. The predicted molar refractivity (Wildman–Crippen MR) is 250 cm³/mol. The van der Waals surface area contributed by atoms with Crippen LogP contribution in [0, 0.1) is 11.7 Å². The molecule has 350 valence electrons. The van der Waals surface area contributed by atoms with E-state index in [1.165, 1.54) is 23.9 Å². The molecule has 0 aliphatic carbocycles. The van der Waals surface area contributed by atoms with E-state index in [1.54, 1.807) is 18.0 Å². The number of carbonyl (C=O) groups is 4. The minimum atomic E-state index is -4.24. The van der Waals surface area contributed by atoms with E-state index in [0.717, 1.165) is 85.1 Å². The van der Waals surface area contributed by atoms with Crippen LogP contribution >= 0.6 is 0 Å². The number of aryl methyl sites for hydroxylation is 1. The number of fused-ring (bicyclic) bond motifs is 2. The van der Waals surface area contributed by atoms with Crippen LogP contribution in [0.4, 0.5) is 20.2 Å². The third-order valence-corrected chi connectivity index (χ3v) is 16.1. The number of benzene rings is 3. The summed E-state index contributed by atoms with van der Waals surface area (Å²) < 4.78 is 59.1. The first-order valence-corrected chi connectivity index (χ1v) is 24.9. The van der Waals surface area contributed by atoms with E-state index in [1.807, 2.05) is 24.3 Å². The van der Waals surface area contributed by atoms with Crippen molar-refractivity contribution in [1.82, 2.24) is 29.4 Å². The average molecular weight is 933 g/mol. The normalized spacial score (nSPS) is 21.3. The number of H-pyrrole nitrogens is 1. The summed E-state index contributed by atoms with van der Waals surface area (Å²) in [5, 5.41) is 2.89. The Balaban J connectivity index is 0.736. The number of amides is 3. The molecule has 5 aliphatic rings. The van der Waals surface area contributed by atoms with Gasteiger partial charge in [0.15, 0.2) is 11.6 Å². The number of imide groups is 1. The van der Waals surface area contributed by atoms with Crippen molar-refractivity contribution < 1.29 is 36.4 Å². The van der Waals surface area contributed by atoms with Crippen molar-refractivity contribution >= 4 is 56.1 Å². The largest absolute Gasteiger partial charge is 0.372 e. The Morgan fingerprint density at radius 1 is 0.896 bits per heavy atom. The predicted octanol–water partition coefficient (Wildman–Crippen LogP) is 6.72. The summed E-state index contributed by atoms with van der Waals surface area (Å²) in [4.78, 5) is 65.8. The number of halogens is 2. The molecule has 5 aliphatic heterocycles. The number of hydrogen-bond acceptors (Lipinski definition) is 9. The number of ketones is 1. The van der Waals surface area contributed by atoms with Gasteiger partial charge in [0, 0.05) is 85.8 Å². The Labute approximate surface area is 388 Å². The molecule has 0 radical (unpaired) electrons. The monoisotopic (exact) mass is 932 g/mol. The molecule has 10 rings (SSSR count). The fourth-order valence-electron chi connectivity index (χ4n) is 10.7. The molecule has 0 saturated carbocycles. The van der Waals surface area contributed by atoms with Crippen LogP contribution in [-0.2, 0) is 32.8 Å². The molecule has 3 amide bonds. The molecule has 4 saturated heterocycles. The SMILES string of the molecule is CCc1ccc(NS(=O)(=O)N2CC[C@@H](F)C2)c(F)c1C(=O)c1c[nH]c2ncc(-c3ccc(N4CCC(CN5CCC(c6ccc7c(c6)CN([C@H]6CCC(=O)NC6=O)C7=O)CC5)CC4)cc3)cc12. The summed E-state index contributed by atoms with van der Waals surface area (Å²) in [5.74, 6) is -1.37. The van der Waals surface area contributed by atoms with Gasteiger partial charge in [0.2, 0.25) is 11.8 Å². The van der Waals surface area contributed by atoms with Gasteiger partial charge in [-0.1, -0.05) is 37.3 Å². The van der Waals surface area contributed by atoms with Gasteiger partial charge in [-0.15, -0.1) is 0 Å². The number of piperidine rings is 3. The van der Waals surface area contributed by atoms with E-state index in [0.29, 0.717) is 53.4 Å². The van der Waals surface area contributed by atoms with Crippen molar-refractivity contribution in [3.8, 4) is 11.1 Å². The number of hydrogen-bond donors (Lipinski definition) is 3. The second-order valence-electron chi connectivity index (χ2n) is 18.7. The third-order valence-electron chi connectivity index (χ3n) is 14.6. The zero-order valence-electron chi connectivity index (χ0n) is 37.4. The lowest BCUT2D eigenvalue weighted by atomic mass is 9.87. The minimum Gasteiger partial charge on any atom is -0.372 e. The van der Waals surface area contributed by atoms with Crippen molar-refractivity contribution in [2.45, 2.75) is 83.0 Å².